The number of halogens is 1. The third-order valence-corrected chi connectivity index (χ3v) is 3.44. The van der Waals surface area contributed by atoms with Crippen molar-refractivity contribution in [3.63, 3.8) is 0 Å². The fourth-order valence-electron chi connectivity index (χ4n) is 1.88. The molecule has 0 spiro atoms. The Balaban J connectivity index is 2.03. The Morgan fingerprint density at radius 1 is 1.55 bits per heavy atom. The Bertz CT molecular complexity index is 596. The van der Waals surface area contributed by atoms with Crippen LogP contribution >= 0.6 is 15.9 Å². The second-order valence-corrected chi connectivity index (χ2v) is 5.45. The van der Waals surface area contributed by atoms with Gasteiger partial charge in [-0.1, -0.05) is 28.1 Å². The van der Waals surface area contributed by atoms with E-state index < -0.39 is 0 Å². The molecule has 1 amide bonds. The number of nitrogens with one attached hydrogen (secondary N) is 1. The maximum atomic E-state index is 12.1. The summed E-state index contributed by atoms with van der Waals surface area (Å²) in [5, 5.41) is 2.93. The van der Waals surface area contributed by atoms with E-state index in [1.165, 1.54) is 0 Å². The van der Waals surface area contributed by atoms with Gasteiger partial charge in [0.15, 0.2) is 0 Å². The molecule has 0 aliphatic carbocycles. The van der Waals surface area contributed by atoms with Crippen LogP contribution in [-0.2, 0) is 6.54 Å². The highest BCUT2D eigenvalue weighted by molar-refractivity contribution is 9.10. The number of hydrogen-bond donors (Lipinski definition) is 2. The van der Waals surface area contributed by atoms with E-state index in [2.05, 4.69) is 26.2 Å². The van der Waals surface area contributed by atoms with E-state index in [0.717, 1.165) is 10.0 Å². The van der Waals surface area contributed by atoms with Gasteiger partial charge in [0.1, 0.15) is 5.69 Å². The molecule has 6 heteroatoms. The highest BCUT2D eigenvalue weighted by Crippen LogP contribution is 2.18. The third kappa shape index (κ3) is 3.68. The molecule has 5 nitrogen and oxygen atoms in total. The molecule has 1 atom stereocenters. The average molecular weight is 337 g/mol. The molecule has 0 fully saturated rings. The zero-order chi connectivity index (χ0) is 14.5. The lowest BCUT2D eigenvalue weighted by molar-refractivity contribution is 0.0935. The quantitative estimate of drug-likeness (QED) is 0.878. The maximum absolute atomic E-state index is 12.1. The van der Waals surface area contributed by atoms with Gasteiger partial charge in [-0.3, -0.25) is 4.79 Å². The molecule has 2 aromatic rings. The predicted octanol–water partition coefficient (Wildman–Crippen LogP) is 2.10. The van der Waals surface area contributed by atoms with Crippen LogP contribution in [0.4, 0.5) is 0 Å². The largest absolute Gasteiger partial charge is 0.344 e. The summed E-state index contributed by atoms with van der Waals surface area (Å²) in [6.45, 7) is 3.11. The monoisotopic (exact) mass is 336 g/mol. The lowest BCUT2D eigenvalue weighted by Crippen LogP contribution is -2.27. The van der Waals surface area contributed by atoms with E-state index in [0.29, 0.717) is 18.8 Å². The molecule has 1 aromatic carbocycles. The topological polar surface area (TPSA) is 72.9 Å². The molecule has 3 N–H and O–H groups in total. The first kappa shape index (κ1) is 14.7. The normalized spacial score (nSPS) is 12.2. The van der Waals surface area contributed by atoms with E-state index in [9.17, 15) is 4.79 Å². The van der Waals surface area contributed by atoms with Crippen molar-refractivity contribution < 1.29 is 4.79 Å². The first-order chi connectivity index (χ1) is 9.60. The zero-order valence-corrected chi connectivity index (χ0v) is 12.8. The second-order valence-electron chi connectivity index (χ2n) is 4.54. The highest BCUT2D eigenvalue weighted by atomic mass is 79.9. The van der Waals surface area contributed by atoms with Crippen LogP contribution in [-0.4, -0.2) is 22.0 Å². The van der Waals surface area contributed by atoms with Crippen molar-refractivity contribution in [3.05, 3.63) is 52.5 Å². The maximum Gasteiger partial charge on any atom is 0.271 e. The van der Waals surface area contributed by atoms with E-state index in [1.807, 2.05) is 31.2 Å². The molecule has 0 saturated heterocycles. The summed E-state index contributed by atoms with van der Waals surface area (Å²) in [6, 6.07) is 7.77. The van der Waals surface area contributed by atoms with E-state index in [4.69, 9.17) is 5.73 Å². The van der Waals surface area contributed by atoms with E-state index in [-0.39, 0.29) is 11.9 Å². The van der Waals surface area contributed by atoms with Crippen LogP contribution < -0.4 is 11.1 Å². The number of benzene rings is 1. The lowest BCUT2D eigenvalue weighted by atomic mass is 10.1. The van der Waals surface area contributed by atoms with Gasteiger partial charge in [-0.05, 0) is 24.6 Å². The molecule has 1 heterocycles. The minimum absolute atomic E-state index is 0.0836. The molecular weight excluding hydrogens is 320 g/mol. The lowest BCUT2D eigenvalue weighted by Gasteiger charge is -2.13. The summed E-state index contributed by atoms with van der Waals surface area (Å²) in [5.74, 6) is -0.187. The van der Waals surface area contributed by atoms with Crippen LogP contribution in [0.25, 0.3) is 0 Å². The van der Waals surface area contributed by atoms with Crippen LogP contribution in [0.3, 0.4) is 0 Å². The molecule has 0 radical (unpaired) electrons. The Morgan fingerprint density at radius 3 is 3.05 bits per heavy atom. The number of imidazole rings is 1. The van der Waals surface area contributed by atoms with Crippen LogP contribution in [0.1, 0.15) is 29.0 Å². The number of aromatic nitrogens is 2. The van der Waals surface area contributed by atoms with Gasteiger partial charge in [-0.25, -0.2) is 4.98 Å². The Labute approximate surface area is 126 Å². The minimum atomic E-state index is -0.187. The molecule has 0 aliphatic rings. The highest BCUT2D eigenvalue weighted by Gasteiger charge is 2.13. The number of carbonyl (C=O) groups is 1. The van der Waals surface area contributed by atoms with Crippen LogP contribution in [0.5, 0.6) is 0 Å². The fourth-order valence-corrected chi connectivity index (χ4v) is 2.30. The van der Waals surface area contributed by atoms with Gasteiger partial charge < -0.3 is 15.6 Å². The first-order valence-electron chi connectivity index (χ1n) is 6.38. The Hall–Kier alpha value is -1.66. The van der Waals surface area contributed by atoms with Gasteiger partial charge in [-0.2, -0.15) is 0 Å². The van der Waals surface area contributed by atoms with Crippen LogP contribution in [0.15, 0.2) is 41.3 Å². The number of nitrogens with zero attached hydrogens (tertiary/aromatic N) is 2. The average Bonchev–Trinajstić information content (AvgIpc) is 2.88. The van der Waals surface area contributed by atoms with E-state index in [1.54, 1.807) is 17.1 Å². The van der Waals surface area contributed by atoms with Crippen molar-refractivity contribution in [2.45, 2.75) is 19.5 Å². The molecule has 2 rings (SSSR count). The number of hydrogen-bond acceptors (Lipinski definition) is 3. The van der Waals surface area contributed by atoms with Crippen LogP contribution in [0.2, 0.25) is 0 Å². The number of rotatable bonds is 5. The summed E-state index contributed by atoms with van der Waals surface area (Å²) in [4.78, 5) is 16.2. The molecule has 20 heavy (non-hydrogen) atoms. The molecule has 0 bridgehead atoms. The van der Waals surface area contributed by atoms with Crippen molar-refractivity contribution in [1.29, 1.82) is 0 Å². The molecule has 0 saturated carbocycles. The fraction of sp³-hybridized carbons (Fsp3) is 0.286. The van der Waals surface area contributed by atoms with Crippen molar-refractivity contribution in [1.82, 2.24) is 14.9 Å². The summed E-state index contributed by atoms with van der Waals surface area (Å²) in [6.07, 6.45) is 3.32. The summed E-state index contributed by atoms with van der Waals surface area (Å²) in [7, 11) is 0. The van der Waals surface area contributed by atoms with Crippen LogP contribution in [0, 0.1) is 0 Å². The van der Waals surface area contributed by atoms with Gasteiger partial charge >= 0.3 is 0 Å². The summed E-state index contributed by atoms with van der Waals surface area (Å²) in [5.41, 5.74) is 6.90. The van der Waals surface area contributed by atoms with Crippen molar-refractivity contribution >= 4 is 21.8 Å². The van der Waals surface area contributed by atoms with Crippen molar-refractivity contribution in [2.24, 2.45) is 5.73 Å². The Morgan fingerprint density at radius 2 is 2.35 bits per heavy atom. The van der Waals surface area contributed by atoms with Gasteiger partial charge in [0.25, 0.3) is 5.91 Å². The second kappa shape index (κ2) is 6.67. The van der Waals surface area contributed by atoms with Gasteiger partial charge in [0.05, 0.1) is 12.4 Å². The summed E-state index contributed by atoms with van der Waals surface area (Å²) >= 11 is 3.42. The van der Waals surface area contributed by atoms with E-state index >= 15 is 0 Å². The number of amides is 1. The molecule has 0 aliphatic heterocycles. The molecule has 106 valence electrons. The standard InChI is InChI=1S/C14H17BrN4O/c1-10(11-3-2-4-12(15)7-11)18-14(20)13-8-19(6-5-16)9-17-13/h2-4,7-10H,5-6,16H2,1H3,(H,18,20). The van der Waals surface area contributed by atoms with Gasteiger partial charge in [0.2, 0.25) is 0 Å². The number of carbonyl (C=O) groups excluding carboxylic acids is 1. The van der Waals surface area contributed by atoms with Gasteiger partial charge in [0, 0.05) is 23.8 Å². The van der Waals surface area contributed by atoms with Crippen molar-refractivity contribution in [3.8, 4) is 0 Å². The summed E-state index contributed by atoms with van der Waals surface area (Å²) < 4.78 is 2.79. The predicted molar refractivity (Wildman–Crippen MR) is 81.3 cm³/mol. The third-order valence-electron chi connectivity index (χ3n) is 2.95. The van der Waals surface area contributed by atoms with Gasteiger partial charge in [-0.15, -0.1) is 0 Å². The number of nitrogens with two attached hydrogens (primary N) is 1. The first-order valence-corrected chi connectivity index (χ1v) is 7.17. The SMILES string of the molecule is CC(NC(=O)c1cn(CCN)cn1)c1cccc(Br)c1. The molecule has 1 unspecified atom stereocenters. The molecular formula is C14H17BrN4O. The zero-order valence-electron chi connectivity index (χ0n) is 11.2. The molecule has 1 aromatic heterocycles. The smallest absolute Gasteiger partial charge is 0.271 e. The minimum Gasteiger partial charge on any atom is -0.344 e. The van der Waals surface area contributed by atoms with Crippen molar-refractivity contribution in [2.75, 3.05) is 6.54 Å². The Kier molecular flexibility index (Phi) is 4.92.